The van der Waals surface area contributed by atoms with E-state index in [1.807, 2.05) is 31.1 Å². The minimum Gasteiger partial charge on any atom is -0.508 e. The van der Waals surface area contributed by atoms with Gasteiger partial charge in [-0.2, -0.15) is 0 Å². The summed E-state index contributed by atoms with van der Waals surface area (Å²) in [5.74, 6) is -0.0219. The lowest BCUT2D eigenvalue weighted by Crippen LogP contribution is -2.42. The smallest absolute Gasteiger partial charge is 0.273 e. The van der Waals surface area contributed by atoms with Gasteiger partial charge in [-0.05, 0) is 56.3 Å². The number of phenolic OH excluding ortho intramolecular Hbond substituents is 2. The molecule has 0 unspecified atom stereocenters. The van der Waals surface area contributed by atoms with E-state index in [-0.39, 0.29) is 46.2 Å². The van der Waals surface area contributed by atoms with E-state index in [9.17, 15) is 15.0 Å². The number of nitrogens with one attached hydrogen (secondary N) is 2. The lowest BCUT2D eigenvalue weighted by atomic mass is 10.1. The van der Waals surface area contributed by atoms with Crippen LogP contribution in [0.4, 0.5) is 5.69 Å². The van der Waals surface area contributed by atoms with Crippen molar-refractivity contribution in [1.29, 1.82) is 0 Å². The molecule has 4 rings (SSSR count). The van der Waals surface area contributed by atoms with Crippen LogP contribution in [0.3, 0.4) is 0 Å². The molecule has 0 aliphatic carbocycles. The van der Waals surface area contributed by atoms with Crippen molar-refractivity contribution in [2.24, 2.45) is 0 Å². The molecule has 0 spiro atoms. The Hall–Kier alpha value is -3.72. The Balaban J connectivity index is 1.59. The SMILES string of the molecule is CN(C)c1ccc(Oc2c(O)cc(O)cc2-c2cc(C(=O)NC3CCNCC3)no2)cc1. The number of anilines is 1. The number of rotatable bonds is 6. The summed E-state index contributed by atoms with van der Waals surface area (Å²) in [5, 5.41) is 30.5. The molecule has 0 radical (unpaired) electrons. The maximum Gasteiger partial charge on any atom is 0.273 e. The lowest BCUT2D eigenvalue weighted by molar-refractivity contribution is 0.0920. The fourth-order valence-electron chi connectivity index (χ4n) is 3.55. The van der Waals surface area contributed by atoms with Gasteiger partial charge >= 0.3 is 0 Å². The summed E-state index contributed by atoms with van der Waals surface area (Å²) in [4.78, 5) is 14.5. The van der Waals surface area contributed by atoms with E-state index in [4.69, 9.17) is 9.26 Å². The molecular weight excluding hydrogens is 412 g/mol. The van der Waals surface area contributed by atoms with Crippen molar-refractivity contribution in [2.75, 3.05) is 32.1 Å². The summed E-state index contributed by atoms with van der Waals surface area (Å²) >= 11 is 0. The van der Waals surface area contributed by atoms with Crippen LogP contribution in [-0.2, 0) is 0 Å². The van der Waals surface area contributed by atoms with Gasteiger partial charge in [-0.25, -0.2) is 0 Å². The van der Waals surface area contributed by atoms with Crippen LogP contribution in [0.5, 0.6) is 23.0 Å². The number of aromatic hydroxyl groups is 2. The first-order chi connectivity index (χ1) is 15.4. The summed E-state index contributed by atoms with van der Waals surface area (Å²) in [6.07, 6.45) is 1.70. The van der Waals surface area contributed by atoms with Gasteiger partial charge in [0.1, 0.15) is 11.5 Å². The van der Waals surface area contributed by atoms with Gasteiger partial charge in [0.25, 0.3) is 5.91 Å². The molecule has 2 heterocycles. The molecule has 0 bridgehead atoms. The molecular formula is C23H26N4O5. The van der Waals surface area contributed by atoms with Crippen molar-refractivity contribution in [3.05, 3.63) is 48.2 Å². The first-order valence-corrected chi connectivity index (χ1v) is 10.4. The molecule has 168 valence electrons. The van der Waals surface area contributed by atoms with Crippen molar-refractivity contribution in [1.82, 2.24) is 15.8 Å². The average molecular weight is 438 g/mol. The van der Waals surface area contributed by atoms with Crippen LogP contribution in [0.25, 0.3) is 11.3 Å². The Kier molecular flexibility index (Phi) is 6.18. The number of carbonyl (C=O) groups is 1. The highest BCUT2D eigenvalue weighted by molar-refractivity contribution is 5.93. The highest BCUT2D eigenvalue weighted by Crippen LogP contribution is 2.43. The lowest BCUT2D eigenvalue weighted by Gasteiger charge is -2.23. The van der Waals surface area contributed by atoms with E-state index in [1.165, 1.54) is 18.2 Å². The molecule has 9 heteroatoms. The molecule has 1 saturated heterocycles. The van der Waals surface area contributed by atoms with Crippen molar-refractivity contribution in [2.45, 2.75) is 18.9 Å². The zero-order valence-corrected chi connectivity index (χ0v) is 18.0. The molecule has 32 heavy (non-hydrogen) atoms. The van der Waals surface area contributed by atoms with E-state index in [2.05, 4.69) is 15.8 Å². The molecule has 1 fully saturated rings. The standard InChI is InChI=1S/C23H26N4O5/c1-27(2)15-3-5-17(6-4-15)31-22-18(11-16(28)12-20(22)29)21-13-19(26-32-21)23(30)25-14-7-9-24-10-8-14/h3-6,11-14,24,28-29H,7-10H2,1-2H3,(H,25,30). The Morgan fingerprint density at radius 2 is 1.88 bits per heavy atom. The fourth-order valence-corrected chi connectivity index (χ4v) is 3.55. The fraction of sp³-hybridized carbons (Fsp3) is 0.304. The molecule has 3 aromatic rings. The monoisotopic (exact) mass is 438 g/mol. The van der Waals surface area contributed by atoms with Gasteiger partial charge in [0.15, 0.2) is 23.0 Å². The van der Waals surface area contributed by atoms with Gasteiger partial charge in [0.2, 0.25) is 0 Å². The zero-order valence-electron chi connectivity index (χ0n) is 18.0. The second kappa shape index (κ2) is 9.19. The molecule has 9 nitrogen and oxygen atoms in total. The quantitative estimate of drug-likeness (QED) is 0.463. The summed E-state index contributed by atoms with van der Waals surface area (Å²) in [6.45, 7) is 1.71. The highest BCUT2D eigenvalue weighted by Gasteiger charge is 2.23. The number of ether oxygens (including phenoxy) is 1. The predicted octanol–water partition coefficient (Wildman–Crippen LogP) is 3.09. The van der Waals surface area contributed by atoms with E-state index in [0.29, 0.717) is 5.75 Å². The van der Waals surface area contributed by atoms with Crippen LogP contribution in [-0.4, -0.2) is 54.5 Å². The Labute approximate surface area is 185 Å². The first kappa shape index (κ1) is 21.5. The second-order valence-electron chi connectivity index (χ2n) is 7.91. The predicted molar refractivity (Wildman–Crippen MR) is 119 cm³/mol. The number of nitrogens with zero attached hydrogens (tertiary/aromatic N) is 2. The van der Waals surface area contributed by atoms with Gasteiger partial charge < -0.3 is 35.0 Å². The molecule has 1 aromatic heterocycles. The minimum atomic E-state index is -0.335. The number of hydrogen-bond donors (Lipinski definition) is 4. The number of phenols is 2. The Morgan fingerprint density at radius 1 is 1.16 bits per heavy atom. The second-order valence-corrected chi connectivity index (χ2v) is 7.91. The van der Waals surface area contributed by atoms with Crippen LogP contribution in [0.15, 0.2) is 47.0 Å². The third-order valence-corrected chi connectivity index (χ3v) is 5.31. The third kappa shape index (κ3) is 4.78. The number of benzene rings is 2. The van der Waals surface area contributed by atoms with E-state index < -0.39 is 0 Å². The van der Waals surface area contributed by atoms with Crippen molar-refractivity contribution in [3.63, 3.8) is 0 Å². The minimum absolute atomic E-state index is 0.0812. The molecule has 1 amide bonds. The van der Waals surface area contributed by atoms with Crippen molar-refractivity contribution in [3.8, 4) is 34.3 Å². The largest absolute Gasteiger partial charge is 0.508 e. The van der Waals surface area contributed by atoms with Crippen LogP contribution in [0, 0.1) is 0 Å². The number of carbonyl (C=O) groups excluding carboxylic acids is 1. The normalized spacial score (nSPS) is 14.2. The van der Waals surface area contributed by atoms with Gasteiger partial charge in [-0.1, -0.05) is 5.16 Å². The third-order valence-electron chi connectivity index (χ3n) is 5.31. The van der Waals surface area contributed by atoms with Gasteiger partial charge in [0.05, 0.1) is 5.56 Å². The Bertz CT molecular complexity index is 1090. The number of piperidine rings is 1. The van der Waals surface area contributed by atoms with Gasteiger partial charge in [0, 0.05) is 38.0 Å². The zero-order chi connectivity index (χ0) is 22.7. The van der Waals surface area contributed by atoms with Gasteiger partial charge in [-0.15, -0.1) is 0 Å². The summed E-state index contributed by atoms with van der Waals surface area (Å²) in [6, 6.07) is 11.4. The maximum atomic E-state index is 12.6. The molecule has 2 aromatic carbocycles. The maximum absolute atomic E-state index is 12.6. The van der Waals surface area contributed by atoms with Crippen LogP contribution in [0.1, 0.15) is 23.3 Å². The summed E-state index contributed by atoms with van der Waals surface area (Å²) < 4.78 is 11.3. The van der Waals surface area contributed by atoms with Crippen LogP contribution < -0.4 is 20.3 Å². The highest BCUT2D eigenvalue weighted by atomic mass is 16.5. The van der Waals surface area contributed by atoms with Crippen LogP contribution >= 0.6 is 0 Å². The van der Waals surface area contributed by atoms with E-state index in [0.717, 1.165) is 31.6 Å². The molecule has 4 N–H and O–H groups in total. The number of amides is 1. The van der Waals surface area contributed by atoms with Crippen molar-refractivity contribution >= 4 is 11.6 Å². The average Bonchev–Trinajstić information content (AvgIpc) is 3.27. The van der Waals surface area contributed by atoms with E-state index >= 15 is 0 Å². The Morgan fingerprint density at radius 3 is 2.56 bits per heavy atom. The van der Waals surface area contributed by atoms with E-state index in [1.54, 1.807) is 12.1 Å². The van der Waals surface area contributed by atoms with Crippen LogP contribution in [0.2, 0.25) is 0 Å². The molecule has 0 saturated carbocycles. The van der Waals surface area contributed by atoms with Gasteiger partial charge in [-0.3, -0.25) is 4.79 Å². The first-order valence-electron chi connectivity index (χ1n) is 10.4. The topological polar surface area (TPSA) is 120 Å². The molecule has 0 atom stereocenters. The molecule has 1 aliphatic rings. The summed E-state index contributed by atoms with van der Waals surface area (Å²) in [7, 11) is 3.87. The summed E-state index contributed by atoms with van der Waals surface area (Å²) in [5.41, 5.74) is 1.38. The molecule has 1 aliphatic heterocycles. The number of hydrogen-bond acceptors (Lipinski definition) is 8. The number of aromatic nitrogens is 1. The van der Waals surface area contributed by atoms with Crippen molar-refractivity contribution < 1.29 is 24.3 Å².